The van der Waals surface area contributed by atoms with Gasteiger partial charge in [0.2, 0.25) is 0 Å². The summed E-state index contributed by atoms with van der Waals surface area (Å²) >= 11 is 7.68. The van der Waals surface area contributed by atoms with Gasteiger partial charge in [0.05, 0.1) is 11.4 Å². The SMILES string of the molecule is CSC(C)CNc1cc(Cl)ccc1N. The summed E-state index contributed by atoms with van der Waals surface area (Å²) in [5.41, 5.74) is 7.44. The van der Waals surface area contributed by atoms with Gasteiger partial charge in [-0.05, 0) is 24.5 Å². The van der Waals surface area contributed by atoms with Gasteiger partial charge in [-0.2, -0.15) is 11.8 Å². The lowest BCUT2D eigenvalue weighted by molar-refractivity contribution is 1.00. The Bertz CT molecular complexity index is 304. The first-order valence-electron chi connectivity index (χ1n) is 4.45. The average molecular weight is 231 g/mol. The minimum absolute atomic E-state index is 0.563. The summed E-state index contributed by atoms with van der Waals surface area (Å²) in [6, 6.07) is 5.46. The van der Waals surface area contributed by atoms with Gasteiger partial charge in [-0.15, -0.1) is 0 Å². The Morgan fingerprint density at radius 1 is 1.57 bits per heavy atom. The number of halogens is 1. The Labute approximate surface area is 94.2 Å². The average Bonchev–Trinajstić information content (AvgIpc) is 2.19. The van der Waals surface area contributed by atoms with Gasteiger partial charge in [-0.1, -0.05) is 18.5 Å². The fraction of sp³-hybridized carbons (Fsp3) is 0.400. The lowest BCUT2D eigenvalue weighted by Crippen LogP contribution is -2.13. The zero-order valence-electron chi connectivity index (χ0n) is 8.38. The summed E-state index contributed by atoms with van der Waals surface area (Å²) < 4.78 is 0. The summed E-state index contributed by atoms with van der Waals surface area (Å²) in [5, 5.41) is 4.54. The number of benzene rings is 1. The van der Waals surface area contributed by atoms with Crippen molar-refractivity contribution in [1.29, 1.82) is 0 Å². The quantitative estimate of drug-likeness (QED) is 0.781. The highest BCUT2D eigenvalue weighted by Gasteiger charge is 2.02. The number of thioether (sulfide) groups is 1. The molecule has 78 valence electrons. The number of nitrogens with two attached hydrogens (primary N) is 1. The molecule has 0 aromatic heterocycles. The molecule has 0 saturated heterocycles. The van der Waals surface area contributed by atoms with Gasteiger partial charge in [0, 0.05) is 16.8 Å². The molecule has 1 unspecified atom stereocenters. The van der Waals surface area contributed by atoms with Crippen LogP contribution in [0.3, 0.4) is 0 Å². The molecule has 0 amide bonds. The summed E-state index contributed by atoms with van der Waals surface area (Å²) in [4.78, 5) is 0. The van der Waals surface area contributed by atoms with Crippen molar-refractivity contribution in [3.05, 3.63) is 23.2 Å². The molecule has 1 aromatic carbocycles. The van der Waals surface area contributed by atoms with Crippen LogP contribution in [0.5, 0.6) is 0 Å². The Morgan fingerprint density at radius 3 is 2.93 bits per heavy atom. The van der Waals surface area contributed by atoms with E-state index in [1.54, 1.807) is 6.07 Å². The van der Waals surface area contributed by atoms with E-state index in [9.17, 15) is 0 Å². The van der Waals surface area contributed by atoms with Crippen molar-refractivity contribution in [2.24, 2.45) is 0 Å². The van der Waals surface area contributed by atoms with Crippen LogP contribution in [0.1, 0.15) is 6.92 Å². The molecule has 0 aliphatic rings. The van der Waals surface area contributed by atoms with Gasteiger partial charge >= 0.3 is 0 Å². The second kappa shape index (κ2) is 5.37. The number of rotatable bonds is 4. The molecule has 2 nitrogen and oxygen atoms in total. The van der Waals surface area contributed by atoms with Crippen LogP contribution in [0.15, 0.2) is 18.2 Å². The zero-order valence-corrected chi connectivity index (χ0v) is 9.95. The molecule has 0 saturated carbocycles. The lowest BCUT2D eigenvalue weighted by atomic mass is 10.2. The van der Waals surface area contributed by atoms with Gasteiger partial charge in [-0.25, -0.2) is 0 Å². The summed E-state index contributed by atoms with van der Waals surface area (Å²) in [7, 11) is 0. The van der Waals surface area contributed by atoms with Crippen LogP contribution >= 0.6 is 23.4 Å². The molecule has 0 heterocycles. The smallest absolute Gasteiger partial charge is 0.0589 e. The number of nitrogens with one attached hydrogen (secondary N) is 1. The third-order valence-electron chi connectivity index (χ3n) is 2.00. The molecule has 1 atom stereocenters. The number of anilines is 2. The molecule has 0 bridgehead atoms. The summed E-state index contributed by atoms with van der Waals surface area (Å²) in [5.74, 6) is 0. The first-order valence-corrected chi connectivity index (χ1v) is 6.11. The zero-order chi connectivity index (χ0) is 10.6. The van der Waals surface area contributed by atoms with Crippen LogP contribution in [-0.4, -0.2) is 18.1 Å². The molecule has 0 fully saturated rings. The van der Waals surface area contributed by atoms with Crippen LogP contribution in [0.2, 0.25) is 5.02 Å². The molecule has 0 aliphatic carbocycles. The number of hydrogen-bond acceptors (Lipinski definition) is 3. The van der Waals surface area contributed by atoms with Gasteiger partial charge in [0.1, 0.15) is 0 Å². The van der Waals surface area contributed by atoms with Gasteiger partial charge < -0.3 is 11.1 Å². The summed E-state index contributed by atoms with van der Waals surface area (Å²) in [6.45, 7) is 3.06. The summed E-state index contributed by atoms with van der Waals surface area (Å²) in [6.07, 6.45) is 2.09. The molecule has 0 radical (unpaired) electrons. The van der Waals surface area contributed by atoms with Crippen molar-refractivity contribution in [2.45, 2.75) is 12.2 Å². The van der Waals surface area contributed by atoms with Crippen LogP contribution in [0.25, 0.3) is 0 Å². The largest absolute Gasteiger partial charge is 0.397 e. The second-order valence-corrected chi connectivity index (χ2v) is 4.87. The first kappa shape index (κ1) is 11.5. The maximum Gasteiger partial charge on any atom is 0.0589 e. The Balaban J connectivity index is 2.62. The minimum atomic E-state index is 0.563. The first-order chi connectivity index (χ1) is 6.63. The third kappa shape index (κ3) is 3.31. The molecule has 3 N–H and O–H groups in total. The highest BCUT2D eigenvalue weighted by Crippen LogP contribution is 2.23. The standard InChI is InChI=1S/C10H15ClN2S/c1-7(14-2)6-13-10-5-8(11)3-4-9(10)12/h3-5,7,13H,6,12H2,1-2H3. The van der Waals surface area contributed by atoms with E-state index >= 15 is 0 Å². The van der Waals surface area contributed by atoms with Crippen LogP contribution < -0.4 is 11.1 Å². The monoisotopic (exact) mass is 230 g/mol. The Morgan fingerprint density at radius 2 is 2.29 bits per heavy atom. The lowest BCUT2D eigenvalue weighted by Gasteiger charge is -2.13. The van der Waals surface area contributed by atoms with E-state index in [4.69, 9.17) is 17.3 Å². The molecule has 1 rings (SSSR count). The van der Waals surface area contributed by atoms with E-state index in [-0.39, 0.29) is 0 Å². The highest BCUT2D eigenvalue weighted by atomic mass is 35.5. The fourth-order valence-corrected chi connectivity index (χ4v) is 1.44. The highest BCUT2D eigenvalue weighted by molar-refractivity contribution is 7.99. The second-order valence-electron chi connectivity index (χ2n) is 3.16. The van der Waals surface area contributed by atoms with E-state index in [2.05, 4.69) is 18.5 Å². The van der Waals surface area contributed by atoms with Crippen LogP contribution in [-0.2, 0) is 0 Å². The van der Waals surface area contributed by atoms with Crippen molar-refractivity contribution in [1.82, 2.24) is 0 Å². The van der Waals surface area contributed by atoms with E-state index in [0.29, 0.717) is 10.3 Å². The van der Waals surface area contributed by atoms with E-state index in [0.717, 1.165) is 17.9 Å². The van der Waals surface area contributed by atoms with E-state index < -0.39 is 0 Å². The fourth-order valence-electron chi connectivity index (χ4n) is 1.02. The Hall–Kier alpha value is -0.540. The van der Waals surface area contributed by atoms with Crippen molar-refractivity contribution in [3.8, 4) is 0 Å². The van der Waals surface area contributed by atoms with Crippen molar-refractivity contribution >= 4 is 34.7 Å². The van der Waals surface area contributed by atoms with E-state index in [1.807, 2.05) is 23.9 Å². The molecule has 0 aliphatic heterocycles. The molecular formula is C10H15ClN2S. The van der Waals surface area contributed by atoms with Crippen molar-refractivity contribution < 1.29 is 0 Å². The van der Waals surface area contributed by atoms with Gasteiger partial charge in [0.15, 0.2) is 0 Å². The topological polar surface area (TPSA) is 38.0 Å². The minimum Gasteiger partial charge on any atom is -0.397 e. The maximum absolute atomic E-state index is 5.87. The normalized spacial score (nSPS) is 12.5. The predicted octanol–water partition coefficient (Wildman–Crippen LogP) is 3.09. The third-order valence-corrected chi connectivity index (χ3v) is 3.20. The van der Waals surface area contributed by atoms with Crippen molar-refractivity contribution in [2.75, 3.05) is 23.9 Å². The predicted molar refractivity (Wildman–Crippen MR) is 67.3 cm³/mol. The molecule has 4 heteroatoms. The number of nitrogen functional groups attached to an aromatic ring is 1. The van der Waals surface area contributed by atoms with E-state index in [1.165, 1.54) is 0 Å². The molecular weight excluding hydrogens is 216 g/mol. The van der Waals surface area contributed by atoms with Gasteiger partial charge in [-0.3, -0.25) is 0 Å². The van der Waals surface area contributed by atoms with Crippen molar-refractivity contribution in [3.63, 3.8) is 0 Å². The van der Waals surface area contributed by atoms with Crippen LogP contribution in [0.4, 0.5) is 11.4 Å². The molecule has 1 aromatic rings. The maximum atomic E-state index is 5.87. The number of hydrogen-bond donors (Lipinski definition) is 2. The Kier molecular flexibility index (Phi) is 4.42. The molecule has 0 spiro atoms. The molecule has 14 heavy (non-hydrogen) atoms. The van der Waals surface area contributed by atoms with Crippen LogP contribution in [0, 0.1) is 0 Å². The van der Waals surface area contributed by atoms with Gasteiger partial charge in [0.25, 0.3) is 0 Å².